The predicted octanol–water partition coefficient (Wildman–Crippen LogP) is 6.76. The van der Waals surface area contributed by atoms with Crippen LogP contribution in [0.1, 0.15) is 108 Å². The molecule has 78 heavy (non-hydrogen) atoms. The van der Waals surface area contributed by atoms with Gasteiger partial charge in [0.25, 0.3) is 0 Å². The molecule has 10 heterocycles. The van der Waals surface area contributed by atoms with Crippen LogP contribution in [-0.2, 0) is 33.4 Å². The molecule has 0 aromatic carbocycles. The molecule has 0 radical (unpaired) electrons. The fraction of sp³-hybridized carbons (Fsp3) is 0.545. The van der Waals surface area contributed by atoms with Gasteiger partial charge in [0, 0.05) is 74.3 Å². The largest absolute Gasteiger partial charge is 0.480 e. The van der Waals surface area contributed by atoms with E-state index in [-0.39, 0.29) is 35.7 Å². The standard InChI is InChI=1S/C25H32N6O3S.C16H28N2O6.C14H14N4S/c1-16(26-2)23(32)29-22(17-8-12-34-13-9-17)25(33)30-10-5-7-21(30)24-28-19(15-35-24)18-14-27-31-11-4-3-6-20(18)31;1-10(18(5)15(22)24-16(2,3)4)13(19)17-12(14(20)21)11-6-8-23-9-7-11;1-2-7-18-13(5-1)10(8-16-18)12-9-19-14(17-12)11-4-3-6-15-11/h3-4,6,11,14-17,21-22,26H,5,7-10,12-13H2,1-2H3,(H,29,32);10-12H,6-9H2,1-5H3,(H,17,19)(H,20,21);1-2,5,7-9,11,15H,3-4,6H2/t16-,21-,22-;10-,12-;11-/m000/s1. The average molecular weight is 1110 g/mol. The number of aliphatic carboxylic acids is 1. The Bertz CT molecular complexity index is 2970. The van der Waals surface area contributed by atoms with E-state index in [1.54, 1.807) is 57.4 Å². The average Bonchev–Trinajstić information content (AvgIpc) is 4.33. The van der Waals surface area contributed by atoms with Gasteiger partial charge in [-0.2, -0.15) is 10.2 Å². The number of thiazole rings is 2. The molecule has 4 fully saturated rings. The molecular formula is C55H74N12O9S2. The number of pyridine rings is 2. The minimum absolute atomic E-state index is 0.0104. The van der Waals surface area contributed by atoms with Crippen LogP contribution >= 0.6 is 22.7 Å². The number of fused-ring (bicyclic) bond motifs is 2. The second-order valence-electron chi connectivity index (χ2n) is 21.1. The van der Waals surface area contributed by atoms with Crippen molar-refractivity contribution in [3.8, 4) is 22.5 Å². The number of likely N-dealkylation sites (N-methyl/N-ethyl adjacent to an activating group) is 2. The summed E-state index contributed by atoms with van der Waals surface area (Å²) in [5, 5.41) is 36.6. The second kappa shape index (κ2) is 26.5. The molecule has 420 valence electrons. The van der Waals surface area contributed by atoms with Crippen molar-refractivity contribution in [3.63, 3.8) is 0 Å². The van der Waals surface area contributed by atoms with E-state index in [0.29, 0.717) is 51.9 Å². The van der Waals surface area contributed by atoms with Crippen LogP contribution in [0.2, 0.25) is 0 Å². The van der Waals surface area contributed by atoms with Crippen LogP contribution < -0.4 is 21.3 Å². The number of likely N-dealkylation sites (tertiary alicyclic amines) is 1. The van der Waals surface area contributed by atoms with Gasteiger partial charge in [-0.05, 0) is 136 Å². The highest BCUT2D eigenvalue weighted by Crippen LogP contribution is 2.38. The van der Waals surface area contributed by atoms with Gasteiger partial charge in [-0.15, -0.1) is 22.7 Å². The first kappa shape index (κ1) is 57.8. The summed E-state index contributed by atoms with van der Waals surface area (Å²) in [5.74, 6) is -1.89. The first-order valence-electron chi connectivity index (χ1n) is 26.9. The summed E-state index contributed by atoms with van der Waals surface area (Å²) in [6.07, 6.45) is 13.9. The maximum atomic E-state index is 13.9. The van der Waals surface area contributed by atoms with Gasteiger partial charge in [-0.25, -0.2) is 28.6 Å². The highest BCUT2D eigenvalue weighted by atomic mass is 32.1. The maximum Gasteiger partial charge on any atom is 0.410 e. The molecule has 0 bridgehead atoms. The van der Waals surface area contributed by atoms with Crippen LogP contribution in [0.5, 0.6) is 0 Å². The van der Waals surface area contributed by atoms with Gasteiger partial charge in [0.15, 0.2) is 0 Å². The van der Waals surface area contributed by atoms with Crippen molar-refractivity contribution in [3.05, 3.63) is 82.0 Å². The Labute approximate surface area is 462 Å². The molecule has 0 spiro atoms. The van der Waals surface area contributed by atoms with Crippen LogP contribution in [0.15, 0.2) is 71.9 Å². The lowest BCUT2D eigenvalue weighted by atomic mass is 9.90. The van der Waals surface area contributed by atoms with E-state index in [4.69, 9.17) is 24.2 Å². The van der Waals surface area contributed by atoms with Crippen molar-refractivity contribution in [2.75, 3.05) is 53.6 Å². The molecule has 21 nitrogen and oxygen atoms in total. The number of ether oxygens (including phenoxy) is 3. The SMILES string of the molecule is CN[C@@H](C)C(=O)N[C@H](C(=O)N1CCC[C@H]1c1nc(-c2cnn3ccccc23)cs1)C1CCOCC1.C[C@@H](C(=O)N[C@H](C(=O)O)C1CCOCC1)N(C)C(=O)OC(C)(C)C.c1ccn2ncc(-c3csc([C@@H]4CCCN4)n3)c2c1. The smallest absolute Gasteiger partial charge is 0.410 e. The molecule has 4 aliphatic heterocycles. The third-order valence-electron chi connectivity index (χ3n) is 14.7. The van der Waals surface area contributed by atoms with Gasteiger partial charge in [0.05, 0.1) is 52.9 Å². The molecule has 6 aromatic rings. The summed E-state index contributed by atoms with van der Waals surface area (Å²) in [4.78, 5) is 75.3. The molecule has 10 rings (SSSR count). The van der Waals surface area contributed by atoms with Gasteiger partial charge in [-0.1, -0.05) is 12.1 Å². The van der Waals surface area contributed by atoms with Crippen LogP contribution in [0.25, 0.3) is 33.5 Å². The first-order valence-corrected chi connectivity index (χ1v) is 28.7. The van der Waals surface area contributed by atoms with E-state index in [1.165, 1.54) is 31.8 Å². The number of aromatic nitrogens is 6. The summed E-state index contributed by atoms with van der Waals surface area (Å²) in [5.41, 5.74) is 5.45. The van der Waals surface area contributed by atoms with E-state index >= 15 is 0 Å². The number of hydrogen-bond acceptors (Lipinski definition) is 16. The molecule has 0 aliphatic carbocycles. The van der Waals surface area contributed by atoms with Crippen LogP contribution in [0.4, 0.5) is 4.79 Å². The number of amides is 4. The molecule has 6 aromatic heterocycles. The Kier molecular flexibility index (Phi) is 19.7. The van der Waals surface area contributed by atoms with Crippen molar-refractivity contribution in [1.29, 1.82) is 0 Å². The van der Waals surface area contributed by atoms with Crippen molar-refractivity contribution < 1.29 is 43.3 Å². The van der Waals surface area contributed by atoms with Crippen LogP contribution in [0.3, 0.4) is 0 Å². The van der Waals surface area contributed by atoms with E-state index in [0.717, 1.165) is 75.7 Å². The van der Waals surface area contributed by atoms with Gasteiger partial charge in [0.2, 0.25) is 17.7 Å². The zero-order valence-electron chi connectivity index (χ0n) is 45.6. The highest BCUT2D eigenvalue weighted by molar-refractivity contribution is 7.10. The topological polar surface area (TPSA) is 248 Å². The lowest BCUT2D eigenvalue weighted by Crippen LogP contribution is -2.56. The molecule has 0 unspecified atom stereocenters. The normalized spacial score (nSPS) is 19.7. The monoisotopic (exact) mass is 1110 g/mol. The number of nitrogens with one attached hydrogen (secondary N) is 4. The number of carboxylic acid groups (broad SMARTS) is 1. The number of hydrogen-bond donors (Lipinski definition) is 5. The van der Waals surface area contributed by atoms with Gasteiger partial charge < -0.3 is 45.5 Å². The van der Waals surface area contributed by atoms with Crippen molar-refractivity contribution in [2.24, 2.45) is 11.8 Å². The number of carboxylic acids is 1. The first-order chi connectivity index (χ1) is 37.5. The molecule has 5 N–H and O–H groups in total. The summed E-state index contributed by atoms with van der Waals surface area (Å²) in [6.45, 7) is 12.5. The Hall–Kier alpha value is -6.37. The minimum Gasteiger partial charge on any atom is -0.480 e. The van der Waals surface area contributed by atoms with E-state index in [2.05, 4.69) is 42.9 Å². The van der Waals surface area contributed by atoms with Crippen molar-refractivity contribution >= 4 is 63.5 Å². The number of nitrogens with zero attached hydrogens (tertiary/aromatic N) is 8. The van der Waals surface area contributed by atoms with Crippen molar-refractivity contribution in [1.82, 2.24) is 60.3 Å². The van der Waals surface area contributed by atoms with Crippen LogP contribution in [-0.4, -0.2) is 157 Å². The third-order valence-corrected chi connectivity index (χ3v) is 16.6. The minimum atomic E-state index is -1.08. The zero-order chi connectivity index (χ0) is 55.5. The second-order valence-corrected chi connectivity index (χ2v) is 22.9. The Morgan fingerprint density at radius 3 is 1.86 bits per heavy atom. The Morgan fingerprint density at radius 2 is 1.32 bits per heavy atom. The quantitative estimate of drug-likeness (QED) is 0.0756. The molecule has 6 atom stereocenters. The summed E-state index contributed by atoms with van der Waals surface area (Å²) < 4.78 is 19.7. The fourth-order valence-electron chi connectivity index (χ4n) is 9.97. The van der Waals surface area contributed by atoms with E-state index in [9.17, 15) is 29.1 Å². The lowest BCUT2D eigenvalue weighted by Gasteiger charge is -2.35. The molecule has 4 aliphatic rings. The van der Waals surface area contributed by atoms with Crippen molar-refractivity contribution in [2.45, 2.75) is 128 Å². The summed E-state index contributed by atoms with van der Waals surface area (Å²) in [6, 6.07) is 9.67. The van der Waals surface area contributed by atoms with Gasteiger partial charge >= 0.3 is 12.1 Å². The maximum absolute atomic E-state index is 13.9. The molecule has 23 heteroatoms. The Morgan fingerprint density at radius 1 is 0.769 bits per heavy atom. The van der Waals surface area contributed by atoms with Crippen LogP contribution in [0, 0.1) is 11.8 Å². The molecule has 4 saturated heterocycles. The highest BCUT2D eigenvalue weighted by Gasteiger charge is 2.41. The molecule has 4 amide bonds. The zero-order valence-corrected chi connectivity index (χ0v) is 47.2. The lowest BCUT2D eigenvalue weighted by molar-refractivity contribution is -0.145. The number of rotatable bonds is 14. The fourth-order valence-corrected chi connectivity index (χ4v) is 11.9. The van der Waals surface area contributed by atoms with Gasteiger partial charge in [0.1, 0.15) is 33.7 Å². The third kappa shape index (κ3) is 14.3. The molecule has 0 saturated carbocycles. The van der Waals surface area contributed by atoms with E-state index < -0.39 is 41.7 Å². The number of carbonyl (C=O) groups excluding carboxylic acids is 4. The predicted molar refractivity (Wildman–Crippen MR) is 297 cm³/mol. The Balaban J connectivity index is 0.000000163. The number of carbonyl (C=O) groups is 5. The summed E-state index contributed by atoms with van der Waals surface area (Å²) in [7, 11) is 3.19. The van der Waals surface area contributed by atoms with E-state index in [1.807, 2.05) is 74.4 Å². The molecular weight excluding hydrogens is 1040 g/mol. The van der Waals surface area contributed by atoms with Gasteiger partial charge in [-0.3, -0.25) is 19.3 Å². The summed E-state index contributed by atoms with van der Waals surface area (Å²) >= 11 is 3.33.